The third kappa shape index (κ3) is 9.15. The lowest BCUT2D eigenvalue weighted by Crippen LogP contribution is -2.11. The zero-order chi connectivity index (χ0) is 28.0. The number of esters is 4. The lowest BCUT2D eigenvalue weighted by Gasteiger charge is -2.08. The van der Waals surface area contributed by atoms with Crippen LogP contribution in [0.1, 0.15) is 50.8 Å². The molecule has 0 bridgehead atoms. The highest BCUT2D eigenvalue weighted by Gasteiger charge is 2.13. The second kappa shape index (κ2) is 14.7. The van der Waals surface area contributed by atoms with E-state index in [1.165, 1.54) is 48.5 Å². The van der Waals surface area contributed by atoms with Gasteiger partial charge in [0.1, 0.15) is 17.2 Å². The number of rotatable bonds is 13. The lowest BCUT2D eigenvalue weighted by molar-refractivity contribution is -0.137. The van der Waals surface area contributed by atoms with Gasteiger partial charge >= 0.3 is 23.9 Å². The van der Waals surface area contributed by atoms with Crippen LogP contribution in [0, 0.1) is 0 Å². The molecule has 202 valence electrons. The van der Waals surface area contributed by atoms with Crippen LogP contribution in [0.4, 0.5) is 0 Å². The fourth-order valence-corrected chi connectivity index (χ4v) is 3.10. The second-order valence-electron chi connectivity index (χ2n) is 8.06. The minimum absolute atomic E-state index is 0.218. The van der Waals surface area contributed by atoms with Gasteiger partial charge in [-0.1, -0.05) is 13.5 Å². The van der Waals surface area contributed by atoms with Gasteiger partial charge in [0.25, 0.3) is 0 Å². The van der Waals surface area contributed by atoms with Gasteiger partial charge in [-0.25, -0.2) is 19.2 Å². The van der Waals surface area contributed by atoms with E-state index >= 15 is 0 Å². The van der Waals surface area contributed by atoms with E-state index in [9.17, 15) is 19.2 Å². The molecule has 3 aromatic carbocycles. The Morgan fingerprint density at radius 3 is 1.54 bits per heavy atom. The fourth-order valence-electron chi connectivity index (χ4n) is 3.10. The van der Waals surface area contributed by atoms with Gasteiger partial charge in [0, 0.05) is 12.5 Å². The standard InChI is InChI=1S/C30H28O9/c1-3-18-37-28(32)21-8-14-25(15-9-21)38-30(34)23-10-16-26(17-11-23)39-29(33)22-6-12-24(13-7-22)35-19-5-20-36-27(31)4-2/h4,6-17H,2-3,5,18-20H2,1H3. The predicted octanol–water partition coefficient (Wildman–Crippen LogP) is 5.19. The van der Waals surface area contributed by atoms with Crippen molar-refractivity contribution in [1.82, 2.24) is 0 Å². The van der Waals surface area contributed by atoms with Crippen LogP contribution in [0.25, 0.3) is 0 Å². The molecule has 0 spiro atoms. The molecule has 0 aliphatic rings. The maximum atomic E-state index is 12.5. The van der Waals surface area contributed by atoms with Gasteiger partial charge in [0.15, 0.2) is 0 Å². The summed E-state index contributed by atoms with van der Waals surface area (Å²) in [5.41, 5.74) is 0.926. The van der Waals surface area contributed by atoms with E-state index in [0.717, 1.165) is 12.5 Å². The zero-order valence-corrected chi connectivity index (χ0v) is 21.4. The average Bonchev–Trinajstić information content (AvgIpc) is 2.96. The highest BCUT2D eigenvalue weighted by molar-refractivity contribution is 5.93. The van der Waals surface area contributed by atoms with Crippen molar-refractivity contribution < 1.29 is 42.9 Å². The van der Waals surface area contributed by atoms with Gasteiger partial charge in [-0.3, -0.25) is 0 Å². The van der Waals surface area contributed by atoms with E-state index in [-0.39, 0.29) is 23.7 Å². The highest BCUT2D eigenvalue weighted by Crippen LogP contribution is 2.19. The Labute approximate surface area is 225 Å². The molecule has 0 atom stereocenters. The van der Waals surface area contributed by atoms with Gasteiger partial charge in [-0.2, -0.15) is 0 Å². The largest absolute Gasteiger partial charge is 0.493 e. The van der Waals surface area contributed by atoms with Crippen molar-refractivity contribution in [3.63, 3.8) is 0 Å². The van der Waals surface area contributed by atoms with Crippen LogP contribution >= 0.6 is 0 Å². The molecular formula is C30H28O9. The van der Waals surface area contributed by atoms with Crippen molar-refractivity contribution in [2.75, 3.05) is 19.8 Å². The Morgan fingerprint density at radius 1 is 0.615 bits per heavy atom. The maximum absolute atomic E-state index is 12.5. The van der Waals surface area contributed by atoms with Crippen LogP contribution in [-0.2, 0) is 14.3 Å². The van der Waals surface area contributed by atoms with Gasteiger partial charge in [-0.05, 0) is 79.2 Å². The SMILES string of the molecule is C=CC(=O)OCCCOc1ccc(C(=O)Oc2ccc(C(=O)Oc3ccc(C(=O)OCCC)cc3)cc2)cc1. The Kier molecular flexibility index (Phi) is 10.8. The minimum atomic E-state index is -0.608. The summed E-state index contributed by atoms with van der Waals surface area (Å²) in [6.45, 7) is 6.11. The summed E-state index contributed by atoms with van der Waals surface area (Å²) in [7, 11) is 0. The third-order valence-corrected chi connectivity index (χ3v) is 5.10. The summed E-state index contributed by atoms with van der Waals surface area (Å²) >= 11 is 0. The fraction of sp³-hybridized carbons (Fsp3) is 0.200. The smallest absolute Gasteiger partial charge is 0.343 e. The molecule has 0 N–H and O–H groups in total. The number of carbonyl (C=O) groups excluding carboxylic acids is 4. The Morgan fingerprint density at radius 2 is 1.08 bits per heavy atom. The predicted molar refractivity (Wildman–Crippen MR) is 141 cm³/mol. The first kappa shape index (κ1) is 28.6. The monoisotopic (exact) mass is 532 g/mol. The van der Waals surface area contributed by atoms with E-state index in [0.29, 0.717) is 36.5 Å². The zero-order valence-electron chi connectivity index (χ0n) is 21.4. The molecule has 0 unspecified atom stereocenters. The van der Waals surface area contributed by atoms with Crippen LogP contribution in [-0.4, -0.2) is 43.7 Å². The number of benzene rings is 3. The van der Waals surface area contributed by atoms with Crippen molar-refractivity contribution in [1.29, 1.82) is 0 Å². The quantitative estimate of drug-likeness (QED) is 0.127. The van der Waals surface area contributed by atoms with E-state index in [2.05, 4.69) is 6.58 Å². The number of hydrogen-bond acceptors (Lipinski definition) is 9. The van der Waals surface area contributed by atoms with Gasteiger partial charge in [-0.15, -0.1) is 0 Å². The van der Waals surface area contributed by atoms with Crippen LogP contribution in [0.15, 0.2) is 85.5 Å². The molecule has 0 heterocycles. The molecule has 9 heteroatoms. The molecule has 0 amide bonds. The Balaban J connectivity index is 1.46. The van der Waals surface area contributed by atoms with Crippen molar-refractivity contribution in [3.05, 3.63) is 102 Å². The molecule has 0 aliphatic carbocycles. The van der Waals surface area contributed by atoms with Crippen molar-refractivity contribution in [3.8, 4) is 17.2 Å². The van der Waals surface area contributed by atoms with Crippen LogP contribution in [0.2, 0.25) is 0 Å². The third-order valence-electron chi connectivity index (χ3n) is 5.10. The number of hydrogen-bond donors (Lipinski definition) is 0. The molecule has 0 fully saturated rings. The molecular weight excluding hydrogens is 504 g/mol. The molecule has 39 heavy (non-hydrogen) atoms. The Bertz CT molecular complexity index is 1280. The molecule has 0 saturated carbocycles. The van der Waals surface area contributed by atoms with Crippen LogP contribution in [0.3, 0.4) is 0 Å². The second-order valence-corrected chi connectivity index (χ2v) is 8.06. The molecule has 3 rings (SSSR count). The summed E-state index contributed by atoms with van der Waals surface area (Å²) in [5.74, 6) is -1.04. The first-order valence-electron chi connectivity index (χ1n) is 12.2. The summed E-state index contributed by atoms with van der Waals surface area (Å²) in [6.07, 6.45) is 2.33. The van der Waals surface area contributed by atoms with E-state index in [4.69, 9.17) is 23.7 Å². The molecule has 0 radical (unpaired) electrons. The molecule has 0 saturated heterocycles. The summed E-state index contributed by atoms with van der Waals surface area (Å²) in [5, 5.41) is 0. The minimum Gasteiger partial charge on any atom is -0.493 e. The molecule has 3 aromatic rings. The highest BCUT2D eigenvalue weighted by atomic mass is 16.5. The van der Waals surface area contributed by atoms with Gasteiger partial charge in [0.05, 0.1) is 36.5 Å². The van der Waals surface area contributed by atoms with Crippen molar-refractivity contribution in [2.24, 2.45) is 0 Å². The van der Waals surface area contributed by atoms with E-state index in [1.807, 2.05) is 6.92 Å². The summed E-state index contributed by atoms with van der Waals surface area (Å²) in [4.78, 5) is 47.8. The van der Waals surface area contributed by atoms with Gasteiger partial charge in [0.2, 0.25) is 0 Å². The normalized spacial score (nSPS) is 10.2. The van der Waals surface area contributed by atoms with Gasteiger partial charge < -0.3 is 23.7 Å². The van der Waals surface area contributed by atoms with Crippen molar-refractivity contribution in [2.45, 2.75) is 19.8 Å². The summed E-state index contributed by atoms with van der Waals surface area (Å²) in [6, 6.07) is 18.4. The van der Waals surface area contributed by atoms with Crippen LogP contribution < -0.4 is 14.2 Å². The average molecular weight is 533 g/mol. The topological polar surface area (TPSA) is 114 Å². The Hall–Kier alpha value is -4.92. The first-order valence-corrected chi connectivity index (χ1v) is 12.2. The number of ether oxygens (including phenoxy) is 5. The van der Waals surface area contributed by atoms with E-state index < -0.39 is 23.9 Å². The molecule has 9 nitrogen and oxygen atoms in total. The molecule has 0 aromatic heterocycles. The van der Waals surface area contributed by atoms with E-state index in [1.54, 1.807) is 24.3 Å². The van der Waals surface area contributed by atoms with Crippen molar-refractivity contribution >= 4 is 23.9 Å². The summed E-state index contributed by atoms with van der Waals surface area (Å²) < 4.78 is 26.2. The molecule has 0 aliphatic heterocycles. The first-order chi connectivity index (χ1) is 18.9. The van der Waals surface area contributed by atoms with Crippen LogP contribution in [0.5, 0.6) is 17.2 Å². The maximum Gasteiger partial charge on any atom is 0.343 e. The lowest BCUT2D eigenvalue weighted by atomic mass is 10.2. The number of carbonyl (C=O) groups is 4.